The highest BCUT2D eigenvalue weighted by molar-refractivity contribution is 5.94. The Morgan fingerprint density at radius 2 is 1.92 bits per heavy atom. The van der Waals surface area contributed by atoms with Gasteiger partial charge in [-0.1, -0.05) is 13.8 Å². The van der Waals surface area contributed by atoms with Gasteiger partial charge in [-0.05, 0) is 30.5 Å². The van der Waals surface area contributed by atoms with Gasteiger partial charge in [0.05, 0.1) is 7.11 Å². The van der Waals surface area contributed by atoms with Crippen LogP contribution in [0.15, 0.2) is 18.2 Å². The van der Waals surface area contributed by atoms with E-state index in [2.05, 4.69) is 19.2 Å². The summed E-state index contributed by atoms with van der Waals surface area (Å²) in [5.74, 6) is 0.824. The summed E-state index contributed by atoms with van der Waals surface area (Å²) in [6.07, 6.45) is 0.740. The number of amides is 2. The molecule has 1 rings (SSSR count). The summed E-state index contributed by atoms with van der Waals surface area (Å²) in [4.78, 5) is 25.5. The maximum atomic E-state index is 12.5. The molecule has 0 radical (unpaired) electrons. The van der Waals surface area contributed by atoms with Crippen molar-refractivity contribution in [3.63, 3.8) is 0 Å². The van der Waals surface area contributed by atoms with Crippen molar-refractivity contribution in [2.24, 2.45) is 11.7 Å². The van der Waals surface area contributed by atoms with E-state index in [0.717, 1.165) is 6.42 Å². The highest BCUT2D eigenvalue weighted by Gasteiger charge is 2.17. The fourth-order valence-corrected chi connectivity index (χ4v) is 2.13. The highest BCUT2D eigenvalue weighted by Crippen LogP contribution is 2.28. The molecule has 1 aromatic rings. The van der Waals surface area contributed by atoms with Gasteiger partial charge in [-0.25, -0.2) is 0 Å². The van der Waals surface area contributed by atoms with Crippen LogP contribution in [0.25, 0.3) is 0 Å². The number of rotatable bonds is 9. The van der Waals surface area contributed by atoms with Crippen molar-refractivity contribution < 1.29 is 19.1 Å². The summed E-state index contributed by atoms with van der Waals surface area (Å²) >= 11 is 0. The first-order valence-corrected chi connectivity index (χ1v) is 8.32. The third-order valence-electron chi connectivity index (χ3n) is 4.05. The van der Waals surface area contributed by atoms with Gasteiger partial charge in [-0.2, -0.15) is 0 Å². The van der Waals surface area contributed by atoms with Crippen molar-refractivity contribution in [3.05, 3.63) is 23.8 Å². The van der Waals surface area contributed by atoms with Crippen molar-refractivity contribution >= 4 is 24.2 Å². The molecule has 7 nitrogen and oxygen atoms in total. The number of carbonyl (C=O) groups excluding carboxylic acids is 2. The van der Waals surface area contributed by atoms with Gasteiger partial charge in [0.1, 0.15) is 0 Å². The fourth-order valence-electron chi connectivity index (χ4n) is 2.13. The van der Waals surface area contributed by atoms with E-state index in [1.54, 1.807) is 30.1 Å². The van der Waals surface area contributed by atoms with Gasteiger partial charge in [0, 0.05) is 32.2 Å². The van der Waals surface area contributed by atoms with Crippen LogP contribution in [0.2, 0.25) is 0 Å². The molecule has 26 heavy (non-hydrogen) atoms. The van der Waals surface area contributed by atoms with E-state index in [4.69, 9.17) is 15.2 Å². The smallest absolute Gasteiger partial charge is 0.257 e. The van der Waals surface area contributed by atoms with Gasteiger partial charge >= 0.3 is 0 Å². The molecule has 0 saturated heterocycles. The third-order valence-corrected chi connectivity index (χ3v) is 4.05. The molecule has 0 fully saturated rings. The lowest BCUT2D eigenvalue weighted by atomic mass is 10.0. The fraction of sp³-hybridized carbons (Fsp3) is 0.556. The molecule has 1 unspecified atom stereocenters. The molecule has 148 valence electrons. The van der Waals surface area contributed by atoms with Gasteiger partial charge < -0.3 is 25.4 Å². The minimum absolute atomic E-state index is 0. The standard InChI is InChI=1S/C18H29N3O4.ClH/c1-12(2)14(19)8-9-21(4)18(23)13-6-7-15(16(10-13)24-5)25-11-17(22)20-3;/h6-7,10,12,14H,8-9,11,19H2,1-5H3,(H,20,22);1H. The molecule has 0 bridgehead atoms. The van der Waals surface area contributed by atoms with Gasteiger partial charge in [-0.15, -0.1) is 12.4 Å². The maximum Gasteiger partial charge on any atom is 0.257 e. The zero-order valence-corrected chi connectivity index (χ0v) is 16.9. The average Bonchev–Trinajstić information content (AvgIpc) is 2.62. The van der Waals surface area contributed by atoms with Gasteiger partial charge in [0.15, 0.2) is 18.1 Å². The van der Waals surface area contributed by atoms with E-state index >= 15 is 0 Å². The number of ether oxygens (including phenoxy) is 2. The van der Waals surface area contributed by atoms with Crippen LogP contribution in [0, 0.1) is 5.92 Å². The Labute approximate surface area is 161 Å². The van der Waals surface area contributed by atoms with Crippen molar-refractivity contribution in [1.82, 2.24) is 10.2 Å². The predicted octanol–water partition coefficient (Wildman–Crippen LogP) is 1.69. The number of hydrogen-bond donors (Lipinski definition) is 2. The second-order valence-electron chi connectivity index (χ2n) is 6.25. The van der Waals surface area contributed by atoms with Crippen LogP contribution in [0.3, 0.4) is 0 Å². The zero-order valence-electron chi connectivity index (χ0n) is 16.1. The highest BCUT2D eigenvalue weighted by atomic mass is 35.5. The van der Waals surface area contributed by atoms with Crippen LogP contribution in [-0.4, -0.2) is 57.1 Å². The van der Waals surface area contributed by atoms with Crippen LogP contribution in [-0.2, 0) is 4.79 Å². The Morgan fingerprint density at radius 1 is 1.27 bits per heavy atom. The van der Waals surface area contributed by atoms with Gasteiger partial charge in [0.25, 0.3) is 11.8 Å². The molecule has 0 saturated carbocycles. The number of nitrogens with two attached hydrogens (primary N) is 1. The number of methoxy groups -OCH3 is 1. The molecule has 8 heteroatoms. The number of likely N-dealkylation sites (N-methyl/N-ethyl adjacent to an activating group) is 1. The largest absolute Gasteiger partial charge is 0.493 e. The number of hydrogen-bond acceptors (Lipinski definition) is 5. The molecular formula is C18H30ClN3O4. The Morgan fingerprint density at radius 3 is 2.46 bits per heavy atom. The average molecular weight is 388 g/mol. The van der Waals surface area contributed by atoms with Crippen molar-refractivity contribution in [1.29, 1.82) is 0 Å². The quantitative estimate of drug-likeness (QED) is 0.672. The van der Waals surface area contributed by atoms with Crippen LogP contribution in [0.5, 0.6) is 11.5 Å². The molecule has 0 aliphatic heterocycles. The topological polar surface area (TPSA) is 93.9 Å². The molecule has 1 atom stereocenters. The maximum absolute atomic E-state index is 12.5. The molecule has 0 aliphatic rings. The van der Waals surface area contributed by atoms with Gasteiger partial charge in [0.2, 0.25) is 0 Å². The Balaban J connectivity index is 0.00000625. The van der Waals surface area contributed by atoms with Crippen LogP contribution in [0.1, 0.15) is 30.6 Å². The SMILES string of the molecule is CNC(=O)COc1ccc(C(=O)N(C)CCC(N)C(C)C)cc1OC.Cl. The summed E-state index contributed by atoms with van der Waals surface area (Å²) in [5, 5.41) is 2.47. The molecular weight excluding hydrogens is 358 g/mol. The summed E-state index contributed by atoms with van der Waals surface area (Å²) in [6, 6.07) is 4.96. The first kappa shape index (κ1) is 24.0. The lowest BCUT2D eigenvalue weighted by Gasteiger charge is -2.22. The lowest BCUT2D eigenvalue weighted by Crippen LogP contribution is -2.34. The van der Waals surface area contributed by atoms with Crippen LogP contribution < -0.4 is 20.5 Å². The molecule has 0 spiro atoms. The second-order valence-corrected chi connectivity index (χ2v) is 6.25. The van der Waals surface area contributed by atoms with Crippen LogP contribution >= 0.6 is 12.4 Å². The Bertz CT molecular complexity index is 596. The van der Waals surface area contributed by atoms with E-state index in [0.29, 0.717) is 29.5 Å². The lowest BCUT2D eigenvalue weighted by molar-refractivity contribution is -0.122. The minimum atomic E-state index is -0.247. The number of carbonyl (C=O) groups is 2. The van der Waals surface area contributed by atoms with E-state index in [9.17, 15) is 9.59 Å². The first-order valence-electron chi connectivity index (χ1n) is 8.32. The predicted molar refractivity (Wildman–Crippen MR) is 104 cm³/mol. The van der Waals surface area contributed by atoms with Gasteiger partial charge in [-0.3, -0.25) is 9.59 Å². The van der Waals surface area contributed by atoms with Crippen molar-refractivity contribution in [3.8, 4) is 11.5 Å². The van der Waals surface area contributed by atoms with Crippen LogP contribution in [0.4, 0.5) is 0 Å². The number of benzene rings is 1. The zero-order chi connectivity index (χ0) is 19.0. The molecule has 1 aromatic carbocycles. The second kappa shape index (κ2) is 11.6. The summed E-state index contributed by atoms with van der Waals surface area (Å²) in [7, 11) is 4.77. The molecule has 3 N–H and O–H groups in total. The Hall–Kier alpha value is -1.99. The van der Waals surface area contributed by atoms with E-state index in [1.807, 2.05) is 0 Å². The Kier molecular flexibility index (Phi) is 10.7. The van der Waals surface area contributed by atoms with Crippen molar-refractivity contribution in [2.75, 3.05) is 34.4 Å². The monoisotopic (exact) mass is 387 g/mol. The molecule has 2 amide bonds. The summed E-state index contributed by atoms with van der Waals surface area (Å²) < 4.78 is 10.7. The minimum Gasteiger partial charge on any atom is -0.493 e. The first-order chi connectivity index (χ1) is 11.8. The summed E-state index contributed by atoms with van der Waals surface area (Å²) in [6.45, 7) is 4.59. The summed E-state index contributed by atoms with van der Waals surface area (Å²) in [5.41, 5.74) is 6.52. The van der Waals surface area contributed by atoms with E-state index in [1.165, 1.54) is 14.2 Å². The van der Waals surface area contributed by atoms with E-state index < -0.39 is 0 Å². The van der Waals surface area contributed by atoms with E-state index in [-0.39, 0.29) is 36.9 Å². The number of halogens is 1. The third kappa shape index (κ3) is 7.09. The number of nitrogens with one attached hydrogen (secondary N) is 1. The molecule has 0 heterocycles. The normalized spacial score (nSPS) is 11.3. The number of nitrogens with zero attached hydrogens (tertiary/aromatic N) is 1. The molecule has 0 aliphatic carbocycles. The molecule has 0 aromatic heterocycles. The van der Waals surface area contributed by atoms with Crippen molar-refractivity contribution in [2.45, 2.75) is 26.3 Å².